The Hall–Kier alpha value is -4.43. The zero-order valence-electron chi connectivity index (χ0n) is 20.2. The minimum absolute atomic E-state index is 0.0762. The number of aryl methyl sites for hydroxylation is 1. The van der Waals surface area contributed by atoms with Crippen molar-refractivity contribution in [2.24, 2.45) is 0 Å². The van der Waals surface area contributed by atoms with Gasteiger partial charge in [0, 0.05) is 16.9 Å². The van der Waals surface area contributed by atoms with Crippen molar-refractivity contribution < 1.29 is 23.9 Å². The number of hydrogen-bond acceptors (Lipinski definition) is 6. The van der Waals surface area contributed by atoms with Gasteiger partial charge in [0.1, 0.15) is 10.7 Å². The number of nitrogens with one attached hydrogen (secondary N) is 2. The zero-order chi connectivity index (χ0) is 26.5. The topological polar surface area (TPSA) is 105 Å². The Balaban J connectivity index is 1.50. The molecule has 0 atom stereocenters. The van der Waals surface area contributed by atoms with E-state index in [1.54, 1.807) is 42.5 Å². The van der Waals surface area contributed by atoms with Crippen molar-refractivity contribution in [3.63, 3.8) is 0 Å². The fourth-order valence-electron chi connectivity index (χ4n) is 3.72. The van der Waals surface area contributed by atoms with Gasteiger partial charge in [0.2, 0.25) is 0 Å². The first-order valence-electron chi connectivity index (χ1n) is 11.6. The quantitative estimate of drug-likeness (QED) is 0.312. The van der Waals surface area contributed by atoms with Crippen LogP contribution in [0, 0.1) is 6.92 Å². The molecule has 8 nitrogen and oxygen atoms in total. The second-order valence-electron chi connectivity index (χ2n) is 8.31. The number of para-hydroxylation sites is 1. The van der Waals surface area contributed by atoms with Crippen molar-refractivity contribution in [2.45, 2.75) is 20.3 Å². The Morgan fingerprint density at radius 1 is 0.919 bits per heavy atom. The van der Waals surface area contributed by atoms with Crippen molar-refractivity contribution in [3.05, 3.63) is 100 Å². The third kappa shape index (κ3) is 5.54. The molecule has 9 heteroatoms. The third-order valence-electron chi connectivity index (χ3n) is 5.52. The van der Waals surface area contributed by atoms with Crippen molar-refractivity contribution in [2.75, 3.05) is 22.1 Å². The van der Waals surface area contributed by atoms with Gasteiger partial charge in [-0.25, -0.2) is 9.69 Å². The van der Waals surface area contributed by atoms with Crippen molar-refractivity contribution in [1.82, 2.24) is 0 Å². The first kappa shape index (κ1) is 25.7. The van der Waals surface area contributed by atoms with Crippen molar-refractivity contribution in [3.8, 4) is 0 Å². The van der Waals surface area contributed by atoms with Crippen LogP contribution in [-0.2, 0) is 14.3 Å². The lowest BCUT2D eigenvalue weighted by Gasteiger charge is -2.18. The number of rotatable bonds is 8. The molecule has 37 heavy (non-hydrogen) atoms. The van der Waals surface area contributed by atoms with Crippen molar-refractivity contribution >= 4 is 52.4 Å². The van der Waals surface area contributed by atoms with Crippen LogP contribution in [-0.4, -0.2) is 30.3 Å². The molecular weight excluding hydrogens is 494 g/mol. The maximum absolute atomic E-state index is 13.2. The molecule has 0 spiro atoms. The summed E-state index contributed by atoms with van der Waals surface area (Å²) in [7, 11) is 0. The normalized spacial score (nSPS) is 13.1. The van der Waals surface area contributed by atoms with Crippen LogP contribution in [0.1, 0.15) is 39.6 Å². The summed E-state index contributed by atoms with van der Waals surface area (Å²) >= 11 is 6.24. The van der Waals surface area contributed by atoms with Gasteiger partial charge in [-0.3, -0.25) is 14.4 Å². The van der Waals surface area contributed by atoms with Crippen LogP contribution in [0.3, 0.4) is 0 Å². The summed E-state index contributed by atoms with van der Waals surface area (Å²) in [5.41, 5.74) is 2.57. The lowest BCUT2D eigenvalue weighted by Crippen LogP contribution is -2.33. The summed E-state index contributed by atoms with van der Waals surface area (Å²) < 4.78 is 5.19. The number of anilines is 3. The van der Waals surface area contributed by atoms with E-state index in [0.29, 0.717) is 23.4 Å². The van der Waals surface area contributed by atoms with Gasteiger partial charge in [0.05, 0.1) is 17.9 Å². The molecule has 0 saturated carbocycles. The smallest absolute Gasteiger partial charge is 0.340 e. The monoisotopic (exact) mass is 517 g/mol. The summed E-state index contributed by atoms with van der Waals surface area (Å²) in [6, 6.07) is 20.0. The van der Waals surface area contributed by atoms with Crippen molar-refractivity contribution in [1.29, 1.82) is 0 Å². The molecule has 1 aliphatic heterocycles. The highest BCUT2D eigenvalue weighted by atomic mass is 35.5. The Kier molecular flexibility index (Phi) is 7.69. The molecule has 4 rings (SSSR count). The van der Waals surface area contributed by atoms with Gasteiger partial charge < -0.3 is 15.4 Å². The van der Waals surface area contributed by atoms with E-state index in [4.69, 9.17) is 16.3 Å². The molecule has 188 valence electrons. The summed E-state index contributed by atoms with van der Waals surface area (Å²) in [6.45, 7) is 4.00. The largest absolute Gasteiger partial charge is 0.462 e. The predicted octanol–water partition coefficient (Wildman–Crippen LogP) is 5.25. The Labute approximate surface area is 218 Å². The lowest BCUT2D eigenvalue weighted by molar-refractivity contribution is -0.120. The molecule has 3 amide bonds. The van der Waals surface area contributed by atoms with Crippen LogP contribution in [0.5, 0.6) is 0 Å². The zero-order valence-corrected chi connectivity index (χ0v) is 21.0. The number of halogens is 1. The number of carbonyl (C=O) groups is 4. The second kappa shape index (κ2) is 11.1. The maximum atomic E-state index is 13.2. The lowest BCUT2D eigenvalue weighted by atomic mass is 10.1. The standard InChI is InChI=1S/C28H24ClN3O5/c1-3-15-37-28(36)21-9-4-5-10-22(21)32-26(34)23(29)24(27(32)35)30-19-13-11-18(12-14-19)25(33)31-20-8-6-7-17(2)16-20/h4-14,16,30H,3,15H2,1-2H3,(H,31,33). The fourth-order valence-corrected chi connectivity index (χ4v) is 3.93. The minimum Gasteiger partial charge on any atom is -0.462 e. The van der Waals surface area contributed by atoms with Gasteiger partial charge >= 0.3 is 5.97 Å². The molecule has 0 bridgehead atoms. The number of benzene rings is 3. The highest BCUT2D eigenvalue weighted by molar-refractivity contribution is 6.53. The highest BCUT2D eigenvalue weighted by Gasteiger charge is 2.40. The van der Waals surface area contributed by atoms with Crippen LogP contribution in [0.15, 0.2) is 83.5 Å². The van der Waals surface area contributed by atoms with Crippen LogP contribution < -0.4 is 15.5 Å². The molecule has 3 aromatic rings. The summed E-state index contributed by atoms with van der Waals surface area (Å²) in [4.78, 5) is 52.0. The average molecular weight is 518 g/mol. The molecule has 0 radical (unpaired) electrons. The van der Waals surface area contributed by atoms with E-state index >= 15 is 0 Å². The van der Waals surface area contributed by atoms with Gasteiger partial charge in [-0.05, 0) is 67.4 Å². The number of amides is 3. The van der Waals surface area contributed by atoms with E-state index in [1.165, 1.54) is 12.1 Å². The molecule has 0 saturated heterocycles. The second-order valence-corrected chi connectivity index (χ2v) is 8.69. The highest BCUT2D eigenvalue weighted by Crippen LogP contribution is 2.32. The number of hydrogen-bond donors (Lipinski definition) is 2. The van der Waals surface area contributed by atoms with Crippen LogP contribution >= 0.6 is 11.6 Å². The van der Waals surface area contributed by atoms with Crippen LogP contribution in [0.2, 0.25) is 0 Å². The Bertz CT molecular complexity index is 1420. The fraction of sp³-hybridized carbons (Fsp3) is 0.143. The van der Waals surface area contributed by atoms with E-state index in [2.05, 4.69) is 10.6 Å². The Morgan fingerprint density at radius 3 is 2.35 bits per heavy atom. The molecule has 1 aliphatic rings. The maximum Gasteiger partial charge on any atom is 0.340 e. The average Bonchev–Trinajstić information content (AvgIpc) is 3.10. The summed E-state index contributed by atoms with van der Waals surface area (Å²) in [5, 5.41) is 5.38. The number of carbonyl (C=O) groups excluding carboxylic acids is 4. The molecule has 0 unspecified atom stereocenters. The van der Waals surface area contributed by atoms with Gasteiger partial charge in [-0.15, -0.1) is 0 Å². The van der Waals surface area contributed by atoms with Gasteiger partial charge in [-0.2, -0.15) is 0 Å². The van der Waals surface area contributed by atoms with Gasteiger partial charge in [-0.1, -0.05) is 42.8 Å². The minimum atomic E-state index is -0.765. The number of esters is 1. The van der Waals surface area contributed by atoms with Gasteiger partial charge in [0.25, 0.3) is 17.7 Å². The molecule has 1 heterocycles. The first-order valence-corrected chi connectivity index (χ1v) is 12.0. The molecule has 0 fully saturated rings. The molecular formula is C28H24ClN3O5. The first-order chi connectivity index (χ1) is 17.8. The number of nitrogens with zero attached hydrogens (tertiary/aromatic N) is 1. The Morgan fingerprint density at radius 2 is 1.65 bits per heavy atom. The predicted molar refractivity (Wildman–Crippen MR) is 142 cm³/mol. The van der Waals surface area contributed by atoms with E-state index in [-0.39, 0.29) is 34.5 Å². The third-order valence-corrected chi connectivity index (χ3v) is 5.87. The number of ether oxygens (including phenoxy) is 1. The van der Waals surface area contributed by atoms with E-state index in [0.717, 1.165) is 10.5 Å². The SMILES string of the molecule is CCCOC(=O)c1ccccc1N1C(=O)C(Cl)=C(Nc2ccc(C(=O)Nc3cccc(C)c3)cc2)C1=O. The van der Waals surface area contributed by atoms with Crippen LogP contribution in [0.25, 0.3) is 0 Å². The summed E-state index contributed by atoms with van der Waals surface area (Å²) in [5.74, 6) is -2.42. The molecule has 2 N–H and O–H groups in total. The van der Waals surface area contributed by atoms with Gasteiger partial charge in [0.15, 0.2) is 0 Å². The molecule has 0 aliphatic carbocycles. The van der Waals surface area contributed by atoms with E-state index < -0.39 is 17.8 Å². The molecule has 3 aromatic carbocycles. The molecule has 0 aromatic heterocycles. The van der Waals surface area contributed by atoms with E-state index in [9.17, 15) is 19.2 Å². The van der Waals surface area contributed by atoms with E-state index in [1.807, 2.05) is 32.0 Å². The summed E-state index contributed by atoms with van der Waals surface area (Å²) in [6.07, 6.45) is 0.628. The number of imide groups is 1. The van der Waals surface area contributed by atoms with Crippen LogP contribution in [0.4, 0.5) is 17.1 Å².